The van der Waals surface area contributed by atoms with E-state index in [0.29, 0.717) is 42.8 Å². The second-order valence-corrected chi connectivity index (χ2v) is 8.57. The number of carbonyl (C=O) groups excluding carboxylic acids is 1. The number of hydrogen-bond donors (Lipinski definition) is 1. The monoisotopic (exact) mass is 426 g/mol. The maximum atomic E-state index is 13.0. The Labute approximate surface area is 181 Å². The normalized spacial score (nSPS) is 26.5. The first-order valence-corrected chi connectivity index (χ1v) is 10.9. The van der Waals surface area contributed by atoms with E-state index in [0.717, 1.165) is 38.0 Å². The molecule has 0 unspecified atom stereocenters. The predicted octanol–water partition coefficient (Wildman–Crippen LogP) is 3.01. The lowest BCUT2D eigenvalue weighted by atomic mass is 9.84. The molecule has 3 saturated heterocycles. The SMILES string of the molecule is O=C(N[C@H]1CN2CCC1CC2)c1ccc2c(c1)OC[C@@H](COCc1ccc(F)cc1)O2. The van der Waals surface area contributed by atoms with Gasteiger partial charge in [0.2, 0.25) is 0 Å². The fourth-order valence-electron chi connectivity index (χ4n) is 4.61. The number of carbonyl (C=O) groups is 1. The Hall–Kier alpha value is -2.64. The molecule has 0 saturated carbocycles. The zero-order valence-corrected chi connectivity index (χ0v) is 17.4. The zero-order valence-electron chi connectivity index (χ0n) is 17.4. The third kappa shape index (κ3) is 4.67. The number of halogens is 1. The van der Waals surface area contributed by atoms with Crippen molar-refractivity contribution in [1.29, 1.82) is 0 Å². The van der Waals surface area contributed by atoms with Crippen molar-refractivity contribution in [2.45, 2.75) is 31.6 Å². The summed E-state index contributed by atoms with van der Waals surface area (Å²) in [6.07, 6.45) is 2.09. The third-order valence-electron chi connectivity index (χ3n) is 6.38. The molecule has 6 nitrogen and oxygen atoms in total. The van der Waals surface area contributed by atoms with Crippen molar-refractivity contribution in [1.82, 2.24) is 10.2 Å². The Balaban J connectivity index is 1.14. The molecular weight excluding hydrogens is 399 g/mol. The first-order valence-electron chi connectivity index (χ1n) is 10.9. The molecule has 0 aliphatic carbocycles. The maximum absolute atomic E-state index is 13.0. The number of piperidine rings is 3. The van der Waals surface area contributed by atoms with Crippen LogP contribution in [0.25, 0.3) is 0 Å². The number of hydrogen-bond acceptors (Lipinski definition) is 5. The number of rotatable bonds is 6. The number of ether oxygens (including phenoxy) is 3. The van der Waals surface area contributed by atoms with Crippen molar-refractivity contribution >= 4 is 5.91 Å². The second kappa shape index (κ2) is 8.85. The molecule has 4 heterocycles. The summed E-state index contributed by atoms with van der Waals surface area (Å²) in [6, 6.07) is 11.8. The highest BCUT2D eigenvalue weighted by Gasteiger charge is 2.35. The Kier molecular flexibility index (Phi) is 5.78. The number of benzene rings is 2. The second-order valence-electron chi connectivity index (χ2n) is 8.57. The van der Waals surface area contributed by atoms with Crippen LogP contribution in [0.5, 0.6) is 11.5 Å². The zero-order chi connectivity index (χ0) is 21.2. The van der Waals surface area contributed by atoms with Gasteiger partial charge >= 0.3 is 0 Å². The van der Waals surface area contributed by atoms with Crippen LogP contribution in [0.1, 0.15) is 28.8 Å². The van der Waals surface area contributed by atoms with Gasteiger partial charge in [0.05, 0.1) is 13.2 Å². The fourth-order valence-corrected chi connectivity index (χ4v) is 4.61. The van der Waals surface area contributed by atoms with Crippen LogP contribution in [0.4, 0.5) is 4.39 Å². The van der Waals surface area contributed by atoms with Crippen molar-refractivity contribution in [2.75, 3.05) is 32.8 Å². The van der Waals surface area contributed by atoms with E-state index in [-0.39, 0.29) is 23.9 Å². The van der Waals surface area contributed by atoms with Gasteiger partial charge < -0.3 is 24.4 Å². The van der Waals surface area contributed by atoms with E-state index in [4.69, 9.17) is 14.2 Å². The largest absolute Gasteiger partial charge is 0.486 e. The highest BCUT2D eigenvalue weighted by Crippen LogP contribution is 2.33. The Morgan fingerprint density at radius 1 is 1.13 bits per heavy atom. The summed E-state index contributed by atoms with van der Waals surface area (Å²) >= 11 is 0. The summed E-state index contributed by atoms with van der Waals surface area (Å²) < 4.78 is 30.5. The first kappa shape index (κ1) is 20.3. The van der Waals surface area contributed by atoms with Gasteiger partial charge in [-0.1, -0.05) is 12.1 Å². The Bertz CT molecular complexity index is 928. The van der Waals surface area contributed by atoms with E-state index in [9.17, 15) is 9.18 Å². The highest BCUT2D eigenvalue weighted by molar-refractivity contribution is 5.95. The van der Waals surface area contributed by atoms with E-state index >= 15 is 0 Å². The molecule has 6 rings (SSSR count). The van der Waals surface area contributed by atoms with Gasteiger partial charge in [0.25, 0.3) is 5.91 Å². The summed E-state index contributed by atoms with van der Waals surface area (Å²) in [6.45, 7) is 4.33. The number of amides is 1. The number of nitrogens with one attached hydrogen (secondary N) is 1. The lowest BCUT2D eigenvalue weighted by Crippen LogP contribution is -2.57. The van der Waals surface area contributed by atoms with Gasteiger partial charge in [-0.3, -0.25) is 4.79 Å². The molecule has 2 atom stereocenters. The first-order chi connectivity index (χ1) is 15.1. The summed E-state index contributed by atoms with van der Waals surface area (Å²) in [7, 11) is 0. The van der Waals surface area contributed by atoms with Gasteiger partial charge in [-0.2, -0.15) is 0 Å². The van der Waals surface area contributed by atoms with Crippen LogP contribution in [0.15, 0.2) is 42.5 Å². The minimum atomic E-state index is -0.263. The standard InChI is InChI=1S/C24H27FN2O4/c25-19-4-1-16(2-5-19)13-29-14-20-15-30-23-11-18(3-6-22(23)31-20)24(28)26-21-12-27-9-7-17(21)8-10-27/h1-6,11,17,20-21H,7-10,12-15H2,(H,26,28)/t20-,21+/m1/s1. The summed E-state index contributed by atoms with van der Waals surface area (Å²) in [5, 5.41) is 3.21. The average Bonchev–Trinajstić information content (AvgIpc) is 2.81. The van der Waals surface area contributed by atoms with Crippen LogP contribution >= 0.6 is 0 Å². The molecule has 2 aromatic carbocycles. The van der Waals surface area contributed by atoms with Crippen molar-refractivity contribution in [3.8, 4) is 11.5 Å². The Morgan fingerprint density at radius 3 is 2.68 bits per heavy atom. The van der Waals surface area contributed by atoms with Gasteiger partial charge in [0, 0.05) is 18.2 Å². The van der Waals surface area contributed by atoms with Gasteiger partial charge in [-0.05, 0) is 67.7 Å². The number of nitrogens with zero attached hydrogens (tertiary/aromatic N) is 1. The molecule has 2 aromatic rings. The molecule has 1 N–H and O–H groups in total. The molecular formula is C24H27FN2O4. The van der Waals surface area contributed by atoms with Gasteiger partial charge in [-0.15, -0.1) is 0 Å². The van der Waals surface area contributed by atoms with Crippen LogP contribution in [-0.2, 0) is 11.3 Å². The average molecular weight is 426 g/mol. The quantitative estimate of drug-likeness (QED) is 0.770. The molecule has 0 aromatic heterocycles. The molecule has 7 heteroatoms. The molecule has 3 fully saturated rings. The third-order valence-corrected chi connectivity index (χ3v) is 6.38. The van der Waals surface area contributed by atoms with Gasteiger partial charge in [0.1, 0.15) is 12.4 Å². The molecule has 4 aliphatic rings. The molecule has 1 amide bonds. The topological polar surface area (TPSA) is 60.0 Å². The van der Waals surface area contributed by atoms with E-state index in [1.165, 1.54) is 12.1 Å². The van der Waals surface area contributed by atoms with Crippen LogP contribution in [0.3, 0.4) is 0 Å². The fraction of sp³-hybridized carbons (Fsp3) is 0.458. The summed E-state index contributed by atoms with van der Waals surface area (Å²) in [4.78, 5) is 15.2. The highest BCUT2D eigenvalue weighted by atomic mass is 19.1. The molecule has 31 heavy (non-hydrogen) atoms. The molecule has 2 bridgehead atoms. The van der Waals surface area contributed by atoms with Crippen LogP contribution in [0.2, 0.25) is 0 Å². The van der Waals surface area contributed by atoms with E-state index in [1.54, 1.807) is 30.3 Å². The molecule has 4 aliphatic heterocycles. The van der Waals surface area contributed by atoms with Gasteiger partial charge in [0.15, 0.2) is 17.6 Å². The minimum absolute atomic E-state index is 0.0603. The Morgan fingerprint density at radius 2 is 1.94 bits per heavy atom. The molecule has 0 spiro atoms. The lowest BCUT2D eigenvalue weighted by Gasteiger charge is -2.44. The van der Waals surface area contributed by atoms with Crippen LogP contribution in [0, 0.1) is 11.7 Å². The summed E-state index contributed by atoms with van der Waals surface area (Å²) in [5.74, 6) is 1.45. The van der Waals surface area contributed by atoms with Crippen molar-refractivity contribution in [3.63, 3.8) is 0 Å². The van der Waals surface area contributed by atoms with Crippen LogP contribution in [-0.4, -0.2) is 55.8 Å². The van der Waals surface area contributed by atoms with Crippen LogP contribution < -0.4 is 14.8 Å². The van der Waals surface area contributed by atoms with E-state index < -0.39 is 0 Å². The van der Waals surface area contributed by atoms with Crippen molar-refractivity contribution in [2.24, 2.45) is 5.92 Å². The van der Waals surface area contributed by atoms with Crippen molar-refractivity contribution < 1.29 is 23.4 Å². The van der Waals surface area contributed by atoms with Gasteiger partial charge in [-0.25, -0.2) is 4.39 Å². The maximum Gasteiger partial charge on any atom is 0.251 e. The predicted molar refractivity (Wildman–Crippen MR) is 113 cm³/mol. The minimum Gasteiger partial charge on any atom is -0.486 e. The molecule has 0 radical (unpaired) electrons. The summed E-state index contributed by atoms with van der Waals surface area (Å²) in [5.41, 5.74) is 1.49. The van der Waals surface area contributed by atoms with Crippen molar-refractivity contribution in [3.05, 3.63) is 59.4 Å². The number of fused-ring (bicyclic) bond motifs is 4. The lowest BCUT2D eigenvalue weighted by molar-refractivity contribution is 0.00266. The smallest absolute Gasteiger partial charge is 0.251 e. The van der Waals surface area contributed by atoms with E-state index in [1.807, 2.05) is 0 Å². The molecule has 164 valence electrons. The van der Waals surface area contributed by atoms with E-state index in [2.05, 4.69) is 10.2 Å².